The van der Waals surface area contributed by atoms with Gasteiger partial charge in [0, 0.05) is 0 Å². The Labute approximate surface area is 216 Å². The first-order valence-electron chi connectivity index (χ1n) is 11.2. The van der Waals surface area contributed by atoms with Crippen LogP contribution in [-0.4, -0.2) is 16.0 Å². The molecule has 0 radical (unpaired) electrons. The normalized spacial score (nSPS) is 14.8. The summed E-state index contributed by atoms with van der Waals surface area (Å²) in [5.41, 5.74) is 3.95. The van der Waals surface area contributed by atoms with E-state index >= 15 is 0 Å². The molecule has 0 saturated carbocycles. The summed E-state index contributed by atoms with van der Waals surface area (Å²) in [6.07, 6.45) is 1.75. The van der Waals surface area contributed by atoms with E-state index in [0.29, 0.717) is 17.3 Å². The molecular weight excluding hydrogens is 522 g/mol. The lowest BCUT2D eigenvalue weighted by molar-refractivity contribution is -0.123. The van der Waals surface area contributed by atoms with Crippen molar-refractivity contribution in [3.63, 3.8) is 0 Å². The molecule has 5 rings (SSSR count). The van der Waals surface area contributed by atoms with E-state index in [1.165, 1.54) is 15.7 Å². The van der Waals surface area contributed by atoms with Crippen LogP contribution < -0.4 is 4.74 Å². The van der Waals surface area contributed by atoms with Crippen molar-refractivity contribution in [3.05, 3.63) is 117 Å². The SMILES string of the molecule is Cc1ccccc1CN1C(=O)S/C(=C\c2ccc(OCc3cccc4ccccc34)c(Br)c2)C1=O. The molecule has 4 aromatic rings. The Morgan fingerprint density at radius 3 is 2.49 bits per heavy atom. The molecule has 174 valence electrons. The quantitative estimate of drug-likeness (QED) is 0.233. The van der Waals surface area contributed by atoms with Crippen LogP contribution in [0.1, 0.15) is 22.3 Å². The van der Waals surface area contributed by atoms with Crippen molar-refractivity contribution in [3.8, 4) is 5.75 Å². The van der Waals surface area contributed by atoms with Gasteiger partial charge in [0.2, 0.25) is 0 Å². The molecule has 0 atom stereocenters. The number of carbonyl (C=O) groups excluding carboxylic acids is 2. The third kappa shape index (κ3) is 5.04. The van der Waals surface area contributed by atoms with Crippen molar-refractivity contribution in [2.45, 2.75) is 20.1 Å². The summed E-state index contributed by atoms with van der Waals surface area (Å²) in [6.45, 7) is 2.70. The van der Waals surface area contributed by atoms with E-state index in [1.807, 2.05) is 67.6 Å². The topological polar surface area (TPSA) is 46.6 Å². The Balaban J connectivity index is 1.30. The minimum absolute atomic E-state index is 0.251. The van der Waals surface area contributed by atoms with Crippen LogP contribution in [-0.2, 0) is 17.9 Å². The van der Waals surface area contributed by atoms with E-state index < -0.39 is 0 Å². The number of benzene rings is 4. The van der Waals surface area contributed by atoms with Crippen molar-refractivity contribution in [1.29, 1.82) is 0 Å². The second kappa shape index (κ2) is 10.1. The lowest BCUT2D eigenvalue weighted by atomic mass is 10.1. The number of hydrogen-bond acceptors (Lipinski definition) is 4. The lowest BCUT2D eigenvalue weighted by Gasteiger charge is -2.14. The zero-order valence-corrected chi connectivity index (χ0v) is 21.4. The Morgan fingerprint density at radius 2 is 1.66 bits per heavy atom. The van der Waals surface area contributed by atoms with E-state index in [4.69, 9.17) is 4.74 Å². The Morgan fingerprint density at radius 1 is 0.914 bits per heavy atom. The maximum absolute atomic E-state index is 12.9. The van der Waals surface area contributed by atoms with Crippen molar-refractivity contribution < 1.29 is 14.3 Å². The van der Waals surface area contributed by atoms with E-state index in [1.54, 1.807) is 6.08 Å². The highest BCUT2D eigenvalue weighted by molar-refractivity contribution is 9.10. The fourth-order valence-corrected chi connectivity index (χ4v) is 5.39. The molecule has 1 aliphatic rings. The first-order chi connectivity index (χ1) is 17.0. The number of carbonyl (C=O) groups is 2. The van der Waals surface area contributed by atoms with E-state index in [2.05, 4.69) is 40.2 Å². The number of fused-ring (bicyclic) bond motifs is 1. The number of rotatable bonds is 6. The first-order valence-corrected chi connectivity index (χ1v) is 12.8. The molecule has 1 fully saturated rings. The highest BCUT2D eigenvalue weighted by atomic mass is 79.9. The second-order valence-corrected chi connectivity index (χ2v) is 10.2. The average molecular weight is 544 g/mol. The van der Waals surface area contributed by atoms with Crippen molar-refractivity contribution in [2.75, 3.05) is 0 Å². The van der Waals surface area contributed by atoms with Gasteiger partial charge in [0.05, 0.1) is 15.9 Å². The molecule has 1 saturated heterocycles. The number of hydrogen-bond donors (Lipinski definition) is 0. The maximum atomic E-state index is 12.9. The molecule has 0 spiro atoms. The maximum Gasteiger partial charge on any atom is 0.293 e. The minimum atomic E-state index is -0.268. The summed E-state index contributed by atoms with van der Waals surface area (Å²) in [5, 5.41) is 2.10. The van der Waals surface area contributed by atoms with Gasteiger partial charge in [-0.05, 0) is 85.9 Å². The molecular formula is C29H22BrNO3S. The van der Waals surface area contributed by atoms with Gasteiger partial charge in [-0.3, -0.25) is 14.5 Å². The van der Waals surface area contributed by atoms with Crippen molar-refractivity contribution in [2.24, 2.45) is 0 Å². The van der Waals surface area contributed by atoms with Gasteiger partial charge in [-0.2, -0.15) is 0 Å². The highest BCUT2D eigenvalue weighted by Gasteiger charge is 2.35. The number of ether oxygens (including phenoxy) is 1. The lowest BCUT2D eigenvalue weighted by Crippen LogP contribution is -2.27. The molecule has 4 aromatic carbocycles. The van der Waals surface area contributed by atoms with Crippen molar-refractivity contribution in [1.82, 2.24) is 4.90 Å². The number of thioether (sulfide) groups is 1. The zero-order chi connectivity index (χ0) is 24.4. The van der Waals surface area contributed by atoms with Crippen LogP contribution in [0.3, 0.4) is 0 Å². The Bertz CT molecular complexity index is 1470. The largest absolute Gasteiger partial charge is 0.488 e. The Kier molecular flexibility index (Phi) is 6.75. The van der Waals surface area contributed by atoms with E-state index in [9.17, 15) is 9.59 Å². The number of halogens is 1. The molecule has 0 aliphatic carbocycles. The molecule has 35 heavy (non-hydrogen) atoms. The molecule has 0 bridgehead atoms. The van der Waals surface area contributed by atoms with Gasteiger partial charge in [0.15, 0.2) is 0 Å². The third-order valence-corrected chi connectivity index (χ3v) is 7.51. The molecule has 1 heterocycles. The summed E-state index contributed by atoms with van der Waals surface area (Å²) in [5.74, 6) is 0.443. The van der Waals surface area contributed by atoms with Crippen LogP contribution in [0.15, 0.2) is 94.3 Å². The van der Waals surface area contributed by atoms with Gasteiger partial charge in [-0.25, -0.2) is 0 Å². The summed E-state index contributed by atoms with van der Waals surface area (Å²) in [4.78, 5) is 27.2. The van der Waals surface area contributed by atoms with Gasteiger partial charge in [-0.15, -0.1) is 0 Å². The minimum Gasteiger partial charge on any atom is -0.488 e. The number of nitrogens with zero attached hydrogens (tertiary/aromatic N) is 1. The van der Waals surface area contributed by atoms with Crippen LogP contribution in [0.25, 0.3) is 16.8 Å². The van der Waals surface area contributed by atoms with Gasteiger partial charge < -0.3 is 4.74 Å². The molecule has 0 unspecified atom stereocenters. The zero-order valence-electron chi connectivity index (χ0n) is 19.0. The van der Waals surface area contributed by atoms with Crippen LogP contribution in [0.5, 0.6) is 5.75 Å². The molecule has 0 aromatic heterocycles. The summed E-state index contributed by atoms with van der Waals surface area (Å²) in [6, 6.07) is 27.9. The summed E-state index contributed by atoms with van der Waals surface area (Å²) in [7, 11) is 0. The van der Waals surface area contributed by atoms with Gasteiger partial charge >= 0.3 is 0 Å². The van der Waals surface area contributed by atoms with Gasteiger partial charge in [0.1, 0.15) is 12.4 Å². The van der Waals surface area contributed by atoms with Gasteiger partial charge in [0.25, 0.3) is 11.1 Å². The summed E-state index contributed by atoms with van der Waals surface area (Å²) >= 11 is 4.56. The van der Waals surface area contributed by atoms with Crippen LogP contribution in [0.4, 0.5) is 4.79 Å². The monoisotopic (exact) mass is 543 g/mol. The molecule has 2 amide bonds. The fourth-order valence-electron chi connectivity index (χ4n) is 4.04. The molecule has 4 nitrogen and oxygen atoms in total. The predicted molar refractivity (Wildman–Crippen MR) is 145 cm³/mol. The standard InChI is InChI=1S/C29H22BrNO3S/c1-19-7-2-3-9-22(19)17-31-28(32)27(35-29(31)33)16-20-13-14-26(25(30)15-20)34-18-23-11-6-10-21-8-4-5-12-24(21)23/h2-16H,17-18H2,1H3/b27-16-. The van der Waals surface area contributed by atoms with Crippen molar-refractivity contribution >= 4 is 55.7 Å². The molecule has 1 aliphatic heterocycles. The smallest absolute Gasteiger partial charge is 0.293 e. The molecule has 6 heteroatoms. The first kappa shape index (κ1) is 23.4. The highest BCUT2D eigenvalue weighted by Crippen LogP contribution is 2.35. The molecule has 0 N–H and O–H groups in total. The van der Waals surface area contributed by atoms with Crippen LogP contribution >= 0.6 is 27.7 Å². The Hall–Kier alpha value is -3.35. The third-order valence-electron chi connectivity index (χ3n) is 5.98. The summed E-state index contributed by atoms with van der Waals surface area (Å²) < 4.78 is 6.87. The number of aryl methyl sites for hydroxylation is 1. The van der Waals surface area contributed by atoms with Crippen LogP contribution in [0.2, 0.25) is 0 Å². The second-order valence-electron chi connectivity index (χ2n) is 8.31. The number of imide groups is 1. The predicted octanol–water partition coefficient (Wildman–Crippen LogP) is 7.73. The van der Waals surface area contributed by atoms with Gasteiger partial charge in [-0.1, -0.05) is 72.8 Å². The van der Waals surface area contributed by atoms with Crippen LogP contribution in [0, 0.1) is 6.92 Å². The van der Waals surface area contributed by atoms with E-state index in [-0.39, 0.29) is 17.7 Å². The van der Waals surface area contributed by atoms with E-state index in [0.717, 1.165) is 38.5 Å². The average Bonchev–Trinajstić information content (AvgIpc) is 3.12. The number of amides is 2. The fraction of sp³-hybridized carbons (Fsp3) is 0.103.